The number of rotatable bonds is 7. The first kappa shape index (κ1) is 19.4. The third-order valence-electron chi connectivity index (χ3n) is 6.44. The van der Waals surface area contributed by atoms with E-state index in [1.165, 1.54) is 22.3 Å². The van der Waals surface area contributed by atoms with E-state index < -0.39 is 0 Å². The molecule has 0 radical (unpaired) electrons. The summed E-state index contributed by atoms with van der Waals surface area (Å²) in [4.78, 5) is 12.5. The second-order valence-corrected chi connectivity index (χ2v) is 8.16. The molecule has 2 unspecified atom stereocenters. The number of aryl methyl sites for hydroxylation is 1. The van der Waals surface area contributed by atoms with Crippen molar-refractivity contribution in [3.8, 4) is 0 Å². The molecule has 0 fully saturated rings. The van der Waals surface area contributed by atoms with Crippen molar-refractivity contribution in [1.29, 1.82) is 0 Å². The lowest BCUT2D eigenvalue weighted by atomic mass is 9.72. The average Bonchev–Trinajstić information content (AvgIpc) is 2.77. The maximum absolute atomic E-state index is 12.5. The van der Waals surface area contributed by atoms with Crippen molar-refractivity contribution in [2.24, 2.45) is 11.7 Å². The fraction of sp³-hybridized carbons (Fsp3) is 0.296. The van der Waals surface area contributed by atoms with Gasteiger partial charge < -0.3 is 5.73 Å². The van der Waals surface area contributed by atoms with Gasteiger partial charge in [-0.25, -0.2) is 0 Å². The second kappa shape index (κ2) is 9.09. The van der Waals surface area contributed by atoms with Crippen LogP contribution < -0.4 is 5.73 Å². The van der Waals surface area contributed by atoms with E-state index in [1.807, 2.05) is 0 Å². The first-order valence-electron chi connectivity index (χ1n) is 10.7. The van der Waals surface area contributed by atoms with Crippen molar-refractivity contribution >= 4 is 5.91 Å². The third-order valence-corrected chi connectivity index (χ3v) is 6.44. The minimum absolute atomic E-state index is 0.119. The van der Waals surface area contributed by atoms with Crippen LogP contribution in [0.4, 0.5) is 0 Å². The van der Waals surface area contributed by atoms with Gasteiger partial charge in [0, 0.05) is 11.8 Å². The van der Waals surface area contributed by atoms with Crippen LogP contribution in [0.25, 0.3) is 0 Å². The molecule has 148 valence electrons. The number of benzene rings is 3. The Bertz CT molecular complexity index is 896. The number of nitrogens with two attached hydrogens (primary N) is 1. The molecule has 1 aliphatic rings. The number of hydrogen-bond donors (Lipinski definition) is 1. The van der Waals surface area contributed by atoms with Crippen LogP contribution in [0.5, 0.6) is 0 Å². The average molecular weight is 384 g/mol. The number of carbonyl (C=O) groups excluding carboxylic acids is 1. The topological polar surface area (TPSA) is 43.1 Å². The minimum Gasteiger partial charge on any atom is -0.369 e. The summed E-state index contributed by atoms with van der Waals surface area (Å²) in [5, 5.41) is 0. The number of amides is 1. The normalized spacial score (nSPS) is 16.9. The molecule has 3 aromatic rings. The largest absolute Gasteiger partial charge is 0.369 e. The first-order valence-corrected chi connectivity index (χ1v) is 10.7. The van der Waals surface area contributed by atoms with Crippen LogP contribution in [-0.2, 0) is 11.2 Å². The Hall–Kier alpha value is -2.87. The molecular weight excluding hydrogens is 354 g/mol. The van der Waals surface area contributed by atoms with Crippen molar-refractivity contribution in [1.82, 2.24) is 0 Å². The Labute approximate surface area is 173 Å². The monoisotopic (exact) mass is 383 g/mol. The zero-order chi connectivity index (χ0) is 20.1. The molecule has 3 aromatic carbocycles. The molecule has 1 amide bonds. The van der Waals surface area contributed by atoms with Crippen molar-refractivity contribution < 1.29 is 4.79 Å². The van der Waals surface area contributed by atoms with E-state index in [0.29, 0.717) is 0 Å². The fourth-order valence-corrected chi connectivity index (χ4v) is 4.99. The number of fused-ring (bicyclic) bond motifs is 1. The highest BCUT2D eigenvalue weighted by atomic mass is 16.1. The standard InChI is InChI=1S/C27H29NO/c28-27(29)26(25-17-9-15-22-14-7-8-16-24(22)25)19-18-23(20-10-3-1-4-11-20)21-12-5-2-6-13-21/h1-8,10-14,16,23,25-26H,9,15,17-19H2,(H2,28,29). The van der Waals surface area contributed by atoms with E-state index in [4.69, 9.17) is 5.73 Å². The predicted octanol–water partition coefficient (Wildman–Crippen LogP) is 5.82. The molecule has 2 atom stereocenters. The summed E-state index contributed by atoms with van der Waals surface area (Å²) in [5.41, 5.74) is 11.3. The molecular formula is C27H29NO. The van der Waals surface area contributed by atoms with Gasteiger partial charge in [-0.05, 0) is 60.3 Å². The van der Waals surface area contributed by atoms with E-state index in [9.17, 15) is 4.79 Å². The summed E-state index contributed by atoms with van der Waals surface area (Å²) >= 11 is 0. The molecule has 2 nitrogen and oxygen atoms in total. The second-order valence-electron chi connectivity index (χ2n) is 8.16. The van der Waals surface area contributed by atoms with E-state index in [2.05, 4.69) is 84.9 Å². The summed E-state index contributed by atoms with van der Waals surface area (Å²) < 4.78 is 0. The molecule has 0 saturated heterocycles. The van der Waals surface area contributed by atoms with E-state index >= 15 is 0 Å². The summed E-state index contributed by atoms with van der Waals surface area (Å²) in [7, 11) is 0. The maximum atomic E-state index is 12.5. The smallest absolute Gasteiger partial charge is 0.221 e. The van der Waals surface area contributed by atoms with E-state index in [1.54, 1.807) is 0 Å². The summed E-state index contributed by atoms with van der Waals surface area (Å²) in [6.45, 7) is 0. The third kappa shape index (κ3) is 4.42. The van der Waals surface area contributed by atoms with Crippen LogP contribution in [0.15, 0.2) is 84.9 Å². The van der Waals surface area contributed by atoms with Gasteiger partial charge in [0.05, 0.1) is 0 Å². The van der Waals surface area contributed by atoms with Crippen molar-refractivity contribution in [2.45, 2.75) is 43.9 Å². The molecule has 2 N–H and O–H groups in total. The predicted molar refractivity (Wildman–Crippen MR) is 119 cm³/mol. The lowest BCUT2D eigenvalue weighted by Gasteiger charge is -2.31. The molecule has 4 rings (SSSR count). The summed E-state index contributed by atoms with van der Waals surface area (Å²) in [6, 6.07) is 29.8. The Morgan fingerprint density at radius 2 is 1.41 bits per heavy atom. The van der Waals surface area contributed by atoms with Crippen molar-refractivity contribution in [3.63, 3.8) is 0 Å². The van der Waals surface area contributed by atoms with Crippen LogP contribution in [0.1, 0.15) is 59.8 Å². The zero-order valence-corrected chi connectivity index (χ0v) is 16.8. The van der Waals surface area contributed by atoms with Crippen molar-refractivity contribution in [3.05, 3.63) is 107 Å². The molecule has 0 spiro atoms. The van der Waals surface area contributed by atoms with Crippen LogP contribution >= 0.6 is 0 Å². The number of primary amides is 1. The van der Waals surface area contributed by atoms with Gasteiger partial charge in [-0.3, -0.25) is 4.79 Å². The van der Waals surface area contributed by atoms with Gasteiger partial charge in [-0.1, -0.05) is 84.9 Å². The van der Waals surface area contributed by atoms with Crippen LogP contribution in [0.2, 0.25) is 0 Å². The van der Waals surface area contributed by atoms with Gasteiger partial charge in [0.25, 0.3) is 0 Å². The van der Waals surface area contributed by atoms with Gasteiger partial charge >= 0.3 is 0 Å². The lowest BCUT2D eigenvalue weighted by Crippen LogP contribution is -2.31. The Kier molecular flexibility index (Phi) is 6.09. The fourth-order valence-electron chi connectivity index (χ4n) is 4.99. The minimum atomic E-state index is -0.161. The van der Waals surface area contributed by atoms with Crippen LogP contribution in [-0.4, -0.2) is 5.91 Å². The van der Waals surface area contributed by atoms with E-state index in [0.717, 1.165) is 32.1 Å². The lowest BCUT2D eigenvalue weighted by molar-refractivity contribution is -0.122. The molecule has 0 heterocycles. The van der Waals surface area contributed by atoms with Gasteiger partial charge in [0.1, 0.15) is 0 Å². The Balaban J connectivity index is 1.59. The van der Waals surface area contributed by atoms with E-state index in [-0.39, 0.29) is 23.7 Å². The maximum Gasteiger partial charge on any atom is 0.221 e. The molecule has 0 aromatic heterocycles. The number of carbonyl (C=O) groups is 1. The van der Waals surface area contributed by atoms with Gasteiger partial charge in [-0.15, -0.1) is 0 Å². The summed E-state index contributed by atoms with van der Waals surface area (Å²) in [6.07, 6.45) is 5.01. The highest BCUT2D eigenvalue weighted by Crippen LogP contribution is 2.40. The SMILES string of the molecule is NC(=O)C(CCC(c1ccccc1)c1ccccc1)C1CCCc2ccccc21. The van der Waals surface area contributed by atoms with Crippen molar-refractivity contribution in [2.75, 3.05) is 0 Å². The number of hydrogen-bond acceptors (Lipinski definition) is 1. The highest BCUT2D eigenvalue weighted by molar-refractivity contribution is 5.78. The zero-order valence-electron chi connectivity index (χ0n) is 16.8. The molecule has 1 aliphatic carbocycles. The Morgan fingerprint density at radius 1 is 0.828 bits per heavy atom. The molecule has 0 saturated carbocycles. The van der Waals surface area contributed by atoms with Crippen LogP contribution in [0, 0.1) is 5.92 Å². The summed E-state index contributed by atoms with van der Waals surface area (Å²) in [5.74, 6) is 0.237. The van der Waals surface area contributed by atoms with Gasteiger partial charge in [-0.2, -0.15) is 0 Å². The molecule has 2 heteroatoms. The molecule has 0 bridgehead atoms. The molecule has 0 aliphatic heterocycles. The Morgan fingerprint density at radius 3 is 2.03 bits per heavy atom. The van der Waals surface area contributed by atoms with Gasteiger partial charge in [0.2, 0.25) is 5.91 Å². The first-order chi connectivity index (χ1) is 14.2. The quantitative estimate of drug-likeness (QED) is 0.549. The van der Waals surface area contributed by atoms with Crippen LogP contribution in [0.3, 0.4) is 0 Å². The van der Waals surface area contributed by atoms with Gasteiger partial charge in [0.15, 0.2) is 0 Å². The highest BCUT2D eigenvalue weighted by Gasteiger charge is 2.32. The molecule has 29 heavy (non-hydrogen) atoms.